The zero-order valence-electron chi connectivity index (χ0n) is 9.21. The van der Waals surface area contributed by atoms with E-state index >= 15 is 0 Å². The van der Waals surface area contributed by atoms with Crippen molar-refractivity contribution in [3.8, 4) is 11.1 Å². The molecule has 0 radical (unpaired) electrons. The van der Waals surface area contributed by atoms with Crippen molar-refractivity contribution < 1.29 is 9.72 Å². The maximum absolute atomic E-state index is 12.2. The van der Waals surface area contributed by atoms with Crippen LogP contribution in [-0.4, -0.2) is 10.7 Å². The predicted octanol–water partition coefficient (Wildman–Crippen LogP) is 2.39. The number of fused-ring (bicyclic) bond motifs is 3. The van der Waals surface area contributed by atoms with Crippen LogP contribution in [0, 0.1) is 10.1 Å². The van der Waals surface area contributed by atoms with Gasteiger partial charge in [-0.3, -0.25) is 14.9 Å². The van der Waals surface area contributed by atoms with Crippen molar-refractivity contribution in [2.24, 2.45) is 0 Å². The minimum Gasteiger partial charge on any atom is -0.398 e. The molecule has 0 atom stereocenters. The standard InChI is InChI=1S/C13H8N2O3/c14-9-5-6-10(15(17)18)11-7-3-1-2-4-8(7)13(16)12(9)11/h1-6H,14H2. The van der Waals surface area contributed by atoms with Crippen molar-refractivity contribution in [1.29, 1.82) is 0 Å². The highest BCUT2D eigenvalue weighted by atomic mass is 16.6. The van der Waals surface area contributed by atoms with Crippen molar-refractivity contribution in [2.45, 2.75) is 0 Å². The smallest absolute Gasteiger partial charge is 0.278 e. The first-order valence-electron chi connectivity index (χ1n) is 5.32. The van der Waals surface area contributed by atoms with Gasteiger partial charge in [0.1, 0.15) is 0 Å². The van der Waals surface area contributed by atoms with Crippen molar-refractivity contribution >= 4 is 17.2 Å². The Hall–Kier alpha value is -2.69. The van der Waals surface area contributed by atoms with Gasteiger partial charge in [-0.25, -0.2) is 0 Å². The highest BCUT2D eigenvalue weighted by Crippen LogP contribution is 2.44. The molecule has 18 heavy (non-hydrogen) atoms. The molecule has 88 valence electrons. The van der Waals surface area contributed by atoms with E-state index in [0.717, 1.165) is 0 Å². The Morgan fingerprint density at radius 2 is 1.67 bits per heavy atom. The number of carbonyl (C=O) groups is 1. The SMILES string of the molecule is Nc1ccc([N+](=O)[O-])c2c1C(=O)c1ccccc1-2. The van der Waals surface area contributed by atoms with Crippen molar-refractivity contribution in [3.05, 3.63) is 57.6 Å². The Balaban J connectivity index is 2.46. The molecular weight excluding hydrogens is 232 g/mol. The van der Waals surface area contributed by atoms with Crippen LogP contribution in [-0.2, 0) is 0 Å². The number of nitrogen functional groups attached to an aromatic ring is 1. The van der Waals surface area contributed by atoms with E-state index in [2.05, 4.69) is 0 Å². The van der Waals surface area contributed by atoms with E-state index in [1.165, 1.54) is 12.1 Å². The van der Waals surface area contributed by atoms with Crippen LogP contribution in [0.1, 0.15) is 15.9 Å². The molecule has 5 nitrogen and oxygen atoms in total. The molecule has 0 saturated carbocycles. The molecule has 3 rings (SSSR count). The summed E-state index contributed by atoms with van der Waals surface area (Å²) in [4.78, 5) is 22.7. The molecule has 0 spiro atoms. The average molecular weight is 240 g/mol. The molecule has 1 aliphatic carbocycles. The van der Waals surface area contributed by atoms with Crippen LogP contribution >= 0.6 is 0 Å². The fourth-order valence-corrected chi connectivity index (χ4v) is 2.31. The average Bonchev–Trinajstić information content (AvgIpc) is 2.65. The normalized spacial score (nSPS) is 12.1. The van der Waals surface area contributed by atoms with E-state index in [4.69, 9.17) is 5.73 Å². The zero-order chi connectivity index (χ0) is 12.9. The monoisotopic (exact) mass is 240 g/mol. The minimum absolute atomic E-state index is 0.0856. The molecule has 5 heteroatoms. The van der Waals surface area contributed by atoms with Gasteiger partial charge in [0, 0.05) is 22.9 Å². The molecule has 2 N–H and O–H groups in total. The molecule has 0 unspecified atom stereocenters. The Kier molecular flexibility index (Phi) is 1.98. The summed E-state index contributed by atoms with van der Waals surface area (Å²) in [5.74, 6) is -0.248. The summed E-state index contributed by atoms with van der Waals surface area (Å²) in [6.45, 7) is 0. The molecule has 2 aromatic rings. The van der Waals surface area contributed by atoms with Crippen LogP contribution < -0.4 is 5.73 Å². The second-order valence-electron chi connectivity index (χ2n) is 4.06. The highest BCUT2D eigenvalue weighted by Gasteiger charge is 2.34. The second-order valence-corrected chi connectivity index (χ2v) is 4.06. The molecular formula is C13H8N2O3. The quantitative estimate of drug-likeness (QED) is 0.402. The number of nitro groups is 1. The van der Waals surface area contributed by atoms with Gasteiger partial charge in [-0.1, -0.05) is 24.3 Å². The lowest BCUT2D eigenvalue weighted by atomic mass is 10.0. The van der Waals surface area contributed by atoms with Crippen LogP contribution in [0.3, 0.4) is 0 Å². The van der Waals surface area contributed by atoms with Crippen molar-refractivity contribution in [1.82, 2.24) is 0 Å². The van der Waals surface area contributed by atoms with Gasteiger partial charge in [-0.05, 0) is 6.07 Å². The molecule has 0 saturated heterocycles. The van der Waals surface area contributed by atoms with E-state index in [1.54, 1.807) is 24.3 Å². The first-order chi connectivity index (χ1) is 8.61. The summed E-state index contributed by atoms with van der Waals surface area (Å²) in [7, 11) is 0. The molecule has 0 heterocycles. The number of anilines is 1. The van der Waals surface area contributed by atoms with Gasteiger partial charge in [0.25, 0.3) is 5.69 Å². The fraction of sp³-hybridized carbons (Fsp3) is 0. The number of ketones is 1. The number of carbonyl (C=O) groups excluding carboxylic acids is 1. The molecule has 0 aromatic heterocycles. The maximum Gasteiger partial charge on any atom is 0.278 e. The van der Waals surface area contributed by atoms with Crippen LogP contribution in [0.2, 0.25) is 0 Å². The lowest BCUT2D eigenvalue weighted by Gasteiger charge is -2.03. The summed E-state index contributed by atoms with van der Waals surface area (Å²) >= 11 is 0. The summed E-state index contributed by atoms with van der Waals surface area (Å²) in [6.07, 6.45) is 0. The third kappa shape index (κ3) is 1.18. The van der Waals surface area contributed by atoms with Crippen LogP contribution in [0.5, 0.6) is 0 Å². The minimum atomic E-state index is -0.492. The Labute approximate surface area is 102 Å². The molecule has 1 aliphatic rings. The zero-order valence-corrected chi connectivity index (χ0v) is 9.21. The molecule has 0 aliphatic heterocycles. The van der Waals surface area contributed by atoms with E-state index in [0.29, 0.717) is 16.7 Å². The lowest BCUT2D eigenvalue weighted by Crippen LogP contribution is -2.02. The van der Waals surface area contributed by atoms with Crippen LogP contribution in [0.25, 0.3) is 11.1 Å². The topological polar surface area (TPSA) is 86.2 Å². The largest absolute Gasteiger partial charge is 0.398 e. The maximum atomic E-state index is 12.2. The first-order valence-corrected chi connectivity index (χ1v) is 5.32. The van der Waals surface area contributed by atoms with Crippen molar-refractivity contribution in [3.63, 3.8) is 0 Å². The van der Waals surface area contributed by atoms with E-state index in [9.17, 15) is 14.9 Å². The number of hydrogen-bond donors (Lipinski definition) is 1. The predicted molar refractivity (Wildman–Crippen MR) is 66.4 cm³/mol. The van der Waals surface area contributed by atoms with Crippen molar-refractivity contribution in [2.75, 3.05) is 5.73 Å². The van der Waals surface area contributed by atoms with E-state index in [1.807, 2.05) is 0 Å². The second kappa shape index (κ2) is 3.40. The Bertz CT molecular complexity index is 707. The summed E-state index contributed by atoms with van der Waals surface area (Å²) in [6, 6.07) is 9.56. The van der Waals surface area contributed by atoms with Gasteiger partial charge < -0.3 is 5.73 Å². The van der Waals surface area contributed by atoms with Gasteiger partial charge in [-0.2, -0.15) is 0 Å². The highest BCUT2D eigenvalue weighted by molar-refractivity contribution is 6.25. The third-order valence-electron chi connectivity index (χ3n) is 3.08. The summed E-state index contributed by atoms with van der Waals surface area (Å²) in [5, 5.41) is 11.0. The Morgan fingerprint density at radius 3 is 2.33 bits per heavy atom. The number of nitrogens with zero attached hydrogens (tertiary/aromatic N) is 1. The summed E-state index contributed by atoms with van der Waals surface area (Å²) < 4.78 is 0. The van der Waals surface area contributed by atoms with Crippen LogP contribution in [0.4, 0.5) is 11.4 Å². The van der Waals surface area contributed by atoms with Gasteiger partial charge in [0.2, 0.25) is 0 Å². The number of nitro benzene ring substituents is 1. The third-order valence-corrected chi connectivity index (χ3v) is 3.08. The lowest BCUT2D eigenvalue weighted by molar-refractivity contribution is -0.384. The number of hydrogen-bond acceptors (Lipinski definition) is 4. The van der Waals surface area contributed by atoms with Gasteiger partial charge in [0.15, 0.2) is 5.78 Å². The Morgan fingerprint density at radius 1 is 1.00 bits per heavy atom. The molecule has 0 bridgehead atoms. The van der Waals surface area contributed by atoms with Gasteiger partial charge in [0.05, 0.1) is 16.1 Å². The molecule has 0 fully saturated rings. The van der Waals surface area contributed by atoms with E-state index < -0.39 is 4.92 Å². The molecule has 2 aromatic carbocycles. The number of rotatable bonds is 1. The fourth-order valence-electron chi connectivity index (χ4n) is 2.31. The van der Waals surface area contributed by atoms with Gasteiger partial charge in [-0.15, -0.1) is 0 Å². The van der Waals surface area contributed by atoms with E-state index in [-0.39, 0.29) is 22.7 Å². The first kappa shape index (κ1) is 10.5. The van der Waals surface area contributed by atoms with Gasteiger partial charge >= 0.3 is 0 Å². The molecule has 0 amide bonds. The summed E-state index contributed by atoms with van der Waals surface area (Å²) in [5.41, 5.74) is 7.58. The van der Waals surface area contributed by atoms with Crippen LogP contribution in [0.15, 0.2) is 36.4 Å². The number of benzene rings is 2. The number of nitrogens with two attached hydrogens (primary N) is 1.